The number of benzene rings is 2. The Kier molecular flexibility index (Phi) is 5.74. The van der Waals surface area contributed by atoms with E-state index in [1.807, 2.05) is 47.9 Å². The molecule has 0 spiro atoms. The van der Waals surface area contributed by atoms with Gasteiger partial charge in [-0.2, -0.15) is 0 Å². The third-order valence-electron chi connectivity index (χ3n) is 6.10. The summed E-state index contributed by atoms with van der Waals surface area (Å²) in [5, 5.41) is 0.967. The molecule has 33 heavy (non-hydrogen) atoms. The lowest BCUT2D eigenvalue weighted by molar-refractivity contribution is 0.0512. The zero-order valence-corrected chi connectivity index (χ0v) is 20.3. The van der Waals surface area contributed by atoms with Gasteiger partial charge in [-0.1, -0.05) is 31.2 Å². The van der Waals surface area contributed by atoms with Gasteiger partial charge < -0.3 is 19.5 Å². The number of anilines is 1. The summed E-state index contributed by atoms with van der Waals surface area (Å²) in [4.78, 5) is 17.8. The zero-order valence-electron chi connectivity index (χ0n) is 18.7. The van der Waals surface area contributed by atoms with Crippen LogP contribution in [0.3, 0.4) is 0 Å². The van der Waals surface area contributed by atoms with Crippen molar-refractivity contribution in [3.63, 3.8) is 0 Å². The van der Waals surface area contributed by atoms with Gasteiger partial charge in [0.15, 0.2) is 11.5 Å². The number of imidazole rings is 1. The molecule has 2 aromatic carbocycles. The van der Waals surface area contributed by atoms with Crippen LogP contribution in [0.25, 0.3) is 22.3 Å². The van der Waals surface area contributed by atoms with E-state index in [9.17, 15) is 4.79 Å². The zero-order chi connectivity index (χ0) is 23.1. The average molecular weight is 513 g/mol. The topological polar surface area (TPSA) is 83.3 Å². The second kappa shape index (κ2) is 8.71. The van der Waals surface area contributed by atoms with E-state index in [4.69, 9.17) is 19.9 Å². The van der Waals surface area contributed by atoms with Crippen LogP contribution in [0.4, 0.5) is 5.69 Å². The Morgan fingerprint density at radius 3 is 2.70 bits per heavy atom. The lowest BCUT2D eigenvalue weighted by atomic mass is 10.1. The number of carbonyl (C=O) groups is 1. The normalized spacial score (nSPS) is 13.5. The predicted octanol–water partition coefficient (Wildman–Crippen LogP) is 6.31. The van der Waals surface area contributed by atoms with Gasteiger partial charge in [-0.25, -0.2) is 9.78 Å². The van der Waals surface area contributed by atoms with E-state index in [0.29, 0.717) is 36.2 Å². The number of hydrogen-bond acceptors (Lipinski definition) is 5. The summed E-state index contributed by atoms with van der Waals surface area (Å²) in [7, 11) is 0. The van der Waals surface area contributed by atoms with Crippen molar-refractivity contribution >= 4 is 38.6 Å². The van der Waals surface area contributed by atoms with Gasteiger partial charge in [0.1, 0.15) is 11.4 Å². The van der Waals surface area contributed by atoms with Crippen LogP contribution >= 0.6 is 15.9 Å². The molecule has 2 N–H and O–H groups in total. The van der Waals surface area contributed by atoms with Crippen LogP contribution in [-0.4, -0.2) is 22.1 Å². The first-order chi connectivity index (χ1) is 16.0. The average Bonchev–Trinajstić information content (AvgIpc) is 3.51. The largest absolute Gasteiger partial charge is 0.461 e. The number of para-hydroxylation sites is 1. The second-order valence-corrected chi connectivity index (χ2v) is 9.11. The lowest BCUT2D eigenvalue weighted by Gasteiger charge is -2.12. The SMILES string of the molecule is CCOC(=O)c1c(C2CC2)[15n][13c]([13CH2][13CH3])[15n]1Cc1cccc2oc(-c3ccccc3N)c(Br)c12. The fourth-order valence-corrected chi connectivity index (χ4v) is 5.12. The molecule has 0 amide bonds. The van der Waals surface area contributed by atoms with Crippen LogP contribution in [0.2, 0.25) is 0 Å². The molecule has 7 heteroatoms. The summed E-state index contributed by atoms with van der Waals surface area (Å²) in [5.74, 6) is 1.63. The van der Waals surface area contributed by atoms with Gasteiger partial charge in [0.2, 0.25) is 0 Å². The summed E-state index contributed by atoms with van der Waals surface area (Å²) < 4.78 is 14.5. The number of fused-ring (bicyclic) bond motifs is 1. The highest BCUT2D eigenvalue weighted by molar-refractivity contribution is 9.10. The number of nitrogens with two attached hydrogens (primary N) is 1. The van der Waals surface area contributed by atoms with E-state index in [1.54, 1.807) is 0 Å². The first-order valence-corrected chi connectivity index (χ1v) is 12.1. The molecule has 170 valence electrons. The van der Waals surface area contributed by atoms with Gasteiger partial charge in [-0.3, -0.25) is 0 Å². The molecule has 1 aliphatic rings. The Morgan fingerprint density at radius 2 is 2.00 bits per heavy atom. The number of aryl methyl sites for hydroxylation is 1. The van der Waals surface area contributed by atoms with Crippen molar-refractivity contribution < 1.29 is 13.9 Å². The quantitative estimate of drug-likeness (QED) is 0.178. The standard InChI is InChI=1S/C26H26BrN3O3/c1-3-20-29-23(15-12-13-15)24(26(31)32-4-2)30(20)14-16-8-7-11-19-21(16)22(27)25(33-19)17-9-5-6-10-18(17)28/h5-11,15H,3-4,12-14,28H2,1-2H3/i1+1,3+1,20+1,29+1,30+1. The molecule has 5 rings (SSSR count). The fraction of sp³-hybridized carbons (Fsp3) is 0.308. The first kappa shape index (κ1) is 21.8. The first-order valence-electron chi connectivity index (χ1n) is 11.3. The molecule has 0 unspecified atom stereocenters. The maximum Gasteiger partial charge on any atom is 0.356 e. The molecular formula is C26H26BrN3O3. The maximum absolute atomic E-state index is 13.0. The summed E-state index contributed by atoms with van der Waals surface area (Å²) in [6, 6.07) is 13.6. The number of rotatable bonds is 7. The van der Waals surface area contributed by atoms with Gasteiger partial charge in [-0.05, 0) is 59.5 Å². The van der Waals surface area contributed by atoms with E-state index in [2.05, 4.69) is 28.9 Å². The van der Waals surface area contributed by atoms with E-state index >= 15 is 0 Å². The van der Waals surface area contributed by atoms with Crippen molar-refractivity contribution in [3.8, 4) is 11.3 Å². The number of esters is 1. The van der Waals surface area contributed by atoms with Crippen molar-refractivity contribution in [2.45, 2.75) is 45.6 Å². The highest BCUT2D eigenvalue weighted by atomic mass is 79.9. The highest BCUT2D eigenvalue weighted by Crippen LogP contribution is 2.43. The predicted molar refractivity (Wildman–Crippen MR) is 132 cm³/mol. The Labute approximate surface area is 200 Å². The summed E-state index contributed by atoms with van der Waals surface area (Å²) >= 11 is 3.77. The summed E-state index contributed by atoms with van der Waals surface area (Å²) in [5.41, 5.74) is 11.0. The monoisotopic (exact) mass is 512 g/mol. The maximum atomic E-state index is 13.0. The molecular weight excluding hydrogens is 487 g/mol. The van der Waals surface area contributed by atoms with E-state index in [1.165, 1.54) is 0 Å². The summed E-state index contributed by atoms with van der Waals surface area (Å²) in [6.07, 6.45) is 2.86. The Hall–Kier alpha value is -3.06. The third-order valence-corrected chi connectivity index (χ3v) is 6.86. The highest BCUT2D eigenvalue weighted by Gasteiger charge is 2.34. The van der Waals surface area contributed by atoms with Crippen LogP contribution in [0.1, 0.15) is 60.2 Å². The van der Waals surface area contributed by atoms with Crippen molar-refractivity contribution in [2.24, 2.45) is 0 Å². The third kappa shape index (κ3) is 3.84. The molecule has 0 radical (unpaired) electrons. The van der Waals surface area contributed by atoms with Crippen LogP contribution in [0, 0.1) is 0 Å². The fourth-order valence-electron chi connectivity index (χ4n) is 4.37. The van der Waals surface area contributed by atoms with Gasteiger partial charge in [-0.15, -0.1) is 0 Å². The van der Waals surface area contributed by atoms with E-state index < -0.39 is 0 Å². The Balaban J connectivity index is 1.65. The Morgan fingerprint density at radius 1 is 1.21 bits per heavy atom. The molecule has 0 atom stereocenters. The van der Waals surface area contributed by atoms with Crippen LogP contribution < -0.4 is 5.73 Å². The van der Waals surface area contributed by atoms with E-state index in [0.717, 1.165) is 57.3 Å². The number of ether oxygens (including phenoxy) is 1. The number of hydrogen-bond donors (Lipinski definition) is 1. The van der Waals surface area contributed by atoms with Crippen molar-refractivity contribution in [3.05, 3.63) is 69.7 Å². The van der Waals surface area contributed by atoms with Gasteiger partial charge >= 0.3 is 5.97 Å². The lowest BCUT2D eigenvalue weighted by Crippen LogP contribution is -2.16. The second-order valence-electron chi connectivity index (χ2n) is 8.32. The summed E-state index contributed by atoms with van der Waals surface area (Å²) in [6.45, 7) is 4.72. The number of furan rings is 1. The Bertz CT molecular complexity index is 1350. The van der Waals surface area contributed by atoms with Gasteiger partial charge in [0, 0.05) is 29.0 Å². The van der Waals surface area contributed by atoms with Crippen molar-refractivity contribution in [2.75, 3.05) is 12.3 Å². The molecule has 0 bridgehead atoms. The molecule has 0 saturated heterocycles. The van der Waals surface area contributed by atoms with Crippen molar-refractivity contribution in [1.29, 1.82) is 0 Å². The molecule has 2 aromatic heterocycles. The van der Waals surface area contributed by atoms with Crippen molar-refractivity contribution in [1.82, 2.24) is 9.55 Å². The molecule has 6 nitrogen and oxygen atoms in total. The van der Waals surface area contributed by atoms with Gasteiger partial charge in [0.25, 0.3) is 0 Å². The number of carbonyl (C=O) groups excluding carboxylic acids is 1. The number of nitrogen functional groups attached to an aromatic ring is 1. The number of aromatic nitrogens is 2. The molecule has 2 heterocycles. The van der Waals surface area contributed by atoms with Crippen LogP contribution in [-0.2, 0) is 17.7 Å². The minimum absolute atomic E-state index is 0.303. The van der Waals surface area contributed by atoms with Gasteiger partial charge in [0.05, 0.1) is 23.3 Å². The number of halogens is 1. The van der Waals surface area contributed by atoms with Crippen LogP contribution in [0.5, 0.6) is 0 Å². The van der Waals surface area contributed by atoms with E-state index in [-0.39, 0.29) is 5.97 Å². The minimum atomic E-state index is -0.303. The molecule has 1 aliphatic carbocycles. The molecule has 1 saturated carbocycles. The molecule has 1 fully saturated rings. The molecule has 4 aromatic rings. The smallest absolute Gasteiger partial charge is 0.356 e. The minimum Gasteiger partial charge on any atom is -0.461 e. The number of nitrogens with zero attached hydrogens (tertiary/aromatic N) is 2. The van der Waals surface area contributed by atoms with Crippen LogP contribution in [0.15, 0.2) is 51.4 Å². The molecule has 0 aliphatic heterocycles.